The van der Waals surface area contributed by atoms with Gasteiger partial charge in [0.2, 0.25) is 0 Å². The summed E-state index contributed by atoms with van der Waals surface area (Å²) >= 11 is 0. The second kappa shape index (κ2) is 38.2. The van der Waals surface area contributed by atoms with E-state index in [1.807, 2.05) is 0 Å². The van der Waals surface area contributed by atoms with E-state index in [-0.39, 0.29) is 53.8 Å². The Bertz CT molecular complexity index is 3170. The zero-order chi connectivity index (χ0) is 80.0. The minimum Gasteiger partial charge on any atom is -0.466 e. The van der Waals surface area contributed by atoms with E-state index in [2.05, 4.69) is 58.4 Å². The van der Waals surface area contributed by atoms with Gasteiger partial charge in [-0.2, -0.15) is 0 Å². The zero-order valence-corrected chi connectivity index (χ0v) is 68.5. The van der Waals surface area contributed by atoms with Crippen molar-refractivity contribution in [2.75, 3.05) is 48.8 Å². The zero-order valence-electron chi connectivity index (χ0n) is 68.5. The van der Waals surface area contributed by atoms with Gasteiger partial charge in [-0.3, -0.25) is 0 Å². The van der Waals surface area contributed by atoms with Crippen molar-refractivity contribution in [3.63, 3.8) is 0 Å². The van der Waals surface area contributed by atoms with Crippen LogP contribution < -0.4 is 0 Å². The number of methoxy groups -OCH3 is 4. The summed E-state index contributed by atoms with van der Waals surface area (Å²) in [6.45, 7) is 28.0. The van der Waals surface area contributed by atoms with Crippen molar-refractivity contribution >= 4 is 35.8 Å². The number of aliphatic hydroxyl groups is 6. The molecule has 21 saturated carbocycles. The summed E-state index contributed by atoms with van der Waals surface area (Å²) in [6.07, 6.45) is 41.8. The van der Waals surface area contributed by atoms with E-state index in [1.165, 1.54) is 163 Å². The molecular weight excluding hydrogens is 1390 g/mol. The summed E-state index contributed by atoms with van der Waals surface area (Å²) in [5.74, 6) is 23.7. The van der Waals surface area contributed by atoms with Crippen LogP contribution in [0.5, 0.6) is 0 Å². The van der Waals surface area contributed by atoms with Crippen LogP contribution in [0.1, 0.15) is 220 Å². The highest BCUT2D eigenvalue weighted by atomic mass is 16.6. The molecule has 0 heterocycles. The molecule has 21 rings (SSSR count). The van der Waals surface area contributed by atoms with Gasteiger partial charge in [0.15, 0.2) is 0 Å². The fourth-order valence-corrected chi connectivity index (χ4v) is 29.0. The Labute approximate surface area is 658 Å². The maximum Gasteiger partial charge on any atom is 0.333 e. The van der Waals surface area contributed by atoms with Crippen molar-refractivity contribution in [1.82, 2.24) is 0 Å². The average molecular weight is 1540 g/mol. The molecule has 0 aromatic carbocycles. The number of hydrogen-bond donors (Lipinski definition) is 6. The van der Waals surface area contributed by atoms with Crippen LogP contribution >= 0.6 is 0 Å². The molecule has 0 aromatic heterocycles. The molecule has 18 nitrogen and oxygen atoms in total. The molecule has 6 N–H and O–H groups in total. The highest BCUT2D eigenvalue weighted by molar-refractivity contribution is 5.88. The second-order valence-corrected chi connectivity index (χ2v) is 38.3. The number of hydrogen-bond acceptors (Lipinski definition) is 18. The molecule has 21 aliphatic carbocycles. The Balaban J connectivity index is 0.000000133. The predicted molar refractivity (Wildman–Crippen MR) is 422 cm³/mol. The summed E-state index contributed by atoms with van der Waals surface area (Å²) < 4.78 is 27.9. The molecule has 0 saturated heterocycles. The molecule has 618 valence electrons. The highest BCUT2D eigenvalue weighted by Gasteiger charge is 2.65. The summed E-state index contributed by atoms with van der Waals surface area (Å²) in [7, 11) is 6.30. The Morgan fingerprint density at radius 3 is 1.18 bits per heavy atom. The first kappa shape index (κ1) is 87.4. The number of fused-ring (bicyclic) bond motifs is 34. The van der Waals surface area contributed by atoms with E-state index < -0.39 is 11.6 Å². The molecule has 20 bridgehead atoms. The van der Waals surface area contributed by atoms with Crippen LogP contribution in [-0.4, -0.2) is 145 Å². The van der Waals surface area contributed by atoms with Crippen molar-refractivity contribution < 1.29 is 87.8 Å². The SMILES string of the molecule is C=C(C)C(=O)OC.C=C(C)C(=O)OC.C=C(C)C(=O)OC.C=C(C)C(=O)OCC1CC2CC1C1C3CCC(C3)C21.C=CC(=O)OC.C=CC(=O)OC12CC3CC(CC(O)(C3)C1)C2.CO.OC1CC2CC1C1C3CCC(C3)C21.OC1CC2CC1C1CCCC21.OC1CC2CCC1C2.OCC1CC2CC1C1C3CCC(C3)C21. The molecular formula is C92H142O18. The Kier molecular flexibility index (Phi) is 30.3. The Morgan fingerprint density at radius 2 is 0.791 bits per heavy atom. The van der Waals surface area contributed by atoms with Gasteiger partial charge in [-0.05, 0) is 373 Å². The summed E-state index contributed by atoms with van der Waals surface area (Å²) in [5.41, 5.74) is 0.879. The number of carbonyl (C=O) groups is 6. The fourth-order valence-electron chi connectivity index (χ4n) is 29.0. The van der Waals surface area contributed by atoms with Gasteiger partial charge < -0.3 is 59.1 Å². The van der Waals surface area contributed by atoms with Crippen LogP contribution in [0.4, 0.5) is 0 Å². The van der Waals surface area contributed by atoms with E-state index in [0.29, 0.717) is 77.4 Å². The number of esters is 6. The molecule has 110 heavy (non-hydrogen) atoms. The molecule has 0 aliphatic heterocycles. The third kappa shape index (κ3) is 19.4. The fraction of sp³-hybridized carbons (Fsp3) is 0.804. The molecule has 18 heteroatoms. The minimum absolute atomic E-state index is 0.0775. The molecule has 31 atom stereocenters. The van der Waals surface area contributed by atoms with E-state index in [0.717, 1.165) is 188 Å². The third-order valence-electron chi connectivity index (χ3n) is 32.0. The molecule has 0 amide bonds. The van der Waals surface area contributed by atoms with Gasteiger partial charge in [-0.1, -0.05) is 45.9 Å². The van der Waals surface area contributed by atoms with Crippen LogP contribution in [0.25, 0.3) is 0 Å². The lowest BCUT2D eigenvalue weighted by molar-refractivity contribution is -0.216. The van der Waals surface area contributed by atoms with Gasteiger partial charge in [-0.15, -0.1) is 0 Å². The molecule has 21 aliphatic rings. The van der Waals surface area contributed by atoms with Crippen LogP contribution in [-0.2, 0) is 57.2 Å². The van der Waals surface area contributed by atoms with E-state index in [4.69, 9.17) is 14.6 Å². The summed E-state index contributed by atoms with van der Waals surface area (Å²) in [5, 5.41) is 55.6. The second-order valence-electron chi connectivity index (χ2n) is 38.3. The van der Waals surface area contributed by atoms with Gasteiger partial charge in [0, 0.05) is 54.6 Å². The van der Waals surface area contributed by atoms with Gasteiger partial charge in [0.1, 0.15) is 5.60 Å². The number of carbonyl (C=O) groups excluding carboxylic acids is 6. The first-order valence-corrected chi connectivity index (χ1v) is 42.9. The lowest BCUT2D eigenvalue weighted by Crippen LogP contribution is -2.60. The highest BCUT2D eigenvalue weighted by Crippen LogP contribution is 2.71. The third-order valence-corrected chi connectivity index (χ3v) is 32.0. The van der Waals surface area contributed by atoms with Crippen LogP contribution in [0.15, 0.2) is 73.9 Å². The van der Waals surface area contributed by atoms with Crippen LogP contribution in [0, 0.1) is 166 Å². The van der Waals surface area contributed by atoms with Gasteiger partial charge in [-0.25, -0.2) is 28.8 Å². The van der Waals surface area contributed by atoms with Gasteiger partial charge in [0.05, 0.1) is 59.0 Å². The van der Waals surface area contributed by atoms with Gasteiger partial charge >= 0.3 is 35.8 Å². The van der Waals surface area contributed by atoms with E-state index >= 15 is 0 Å². The lowest BCUT2D eigenvalue weighted by atomic mass is 9.52. The average Bonchev–Trinajstić information content (AvgIpc) is 1.38. The maximum atomic E-state index is 11.5. The monoisotopic (exact) mass is 1540 g/mol. The van der Waals surface area contributed by atoms with Crippen molar-refractivity contribution in [1.29, 1.82) is 0 Å². The van der Waals surface area contributed by atoms with Crippen molar-refractivity contribution in [2.24, 2.45) is 166 Å². The molecule has 21 fully saturated rings. The number of ether oxygens (including phenoxy) is 6. The van der Waals surface area contributed by atoms with E-state index in [9.17, 15) is 54.3 Å². The summed E-state index contributed by atoms with van der Waals surface area (Å²) in [4.78, 5) is 63.3. The standard InChI is InChI=1S/C17H24O2.C13H18O3.C13H20O.C12H18O.C10H16O.C7H12O.3C5H8O2.C4H6O2.CH4O/c1-9(2)17(18)19-8-13-6-12-7-14(13)16-11-4-3-10(5-11)15(12)16;1-2-11(14)16-13-6-9-3-10(7-13)5-12(15,4-9)8-13;14-6-10-4-9-5-11(10)13-8-2-1-7(3-8)12(9)13;13-10-5-8-4-9(10)12-7-2-1-6(3-7)11(8)12;11-10-5-6-4-9(10)8-3-1-2-7(6)8;8-7-4-5-1-2-6(7)3-5;3*1-4(2)5(6)7-3;1-3-4(5)6-2;1-2/h10-16H,1,3-8H2,2H3;2,9-10,15H,1,3-8H2;7-14H,1-6H2;6-13H,1-5H2;6-11H,1-5H2;5-8H,1-4H2;3*1H2,2-3H3;3H,1H2,2H3;2H,1H3. The maximum absolute atomic E-state index is 11.5. The quantitative estimate of drug-likeness (QED) is 0.0513. The smallest absolute Gasteiger partial charge is 0.333 e. The Hall–Kier alpha value is -4.98. The van der Waals surface area contributed by atoms with Crippen molar-refractivity contribution in [3.05, 3.63) is 73.9 Å². The van der Waals surface area contributed by atoms with Gasteiger partial charge in [0.25, 0.3) is 0 Å². The number of rotatable bonds is 10. The molecule has 31 unspecified atom stereocenters. The Morgan fingerprint density at radius 1 is 0.382 bits per heavy atom. The molecule has 0 radical (unpaired) electrons. The van der Waals surface area contributed by atoms with Crippen LogP contribution in [0.2, 0.25) is 0 Å². The van der Waals surface area contributed by atoms with E-state index in [1.54, 1.807) is 40.5 Å². The normalized spacial score (nSPS) is 43.5. The summed E-state index contributed by atoms with van der Waals surface area (Å²) in [6, 6.07) is 0. The molecule has 0 aromatic rings. The van der Waals surface area contributed by atoms with Crippen molar-refractivity contribution in [3.8, 4) is 0 Å². The lowest BCUT2D eigenvalue weighted by Gasteiger charge is -2.59. The minimum atomic E-state index is -0.564. The first-order valence-electron chi connectivity index (χ1n) is 42.9. The largest absolute Gasteiger partial charge is 0.466 e. The predicted octanol–water partition coefficient (Wildman–Crippen LogP) is 14.7. The number of aliphatic hydroxyl groups excluding tert-OH is 5. The first-order chi connectivity index (χ1) is 52.5. The van der Waals surface area contributed by atoms with Crippen molar-refractivity contribution in [2.45, 2.75) is 250 Å². The molecule has 0 spiro atoms. The van der Waals surface area contributed by atoms with Crippen LogP contribution in [0.3, 0.4) is 0 Å². The topological polar surface area (TPSA) is 279 Å².